The van der Waals surface area contributed by atoms with Crippen LogP contribution in [0, 0.1) is 11.3 Å². The molecule has 0 fully saturated rings. The topological polar surface area (TPSA) is 124 Å². The first-order chi connectivity index (χ1) is 15.0. The summed E-state index contributed by atoms with van der Waals surface area (Å²) in [5, 5.41) is 14.9. The summed E-state index contributed by atoms with van der Waals surface area (Å²) >= 11 is 0. The van der Waals surface area contributed by atoms with E-state index in [1.807, 2.05) is 30.3 Å². The summed E-state index contributed by atoms with van der Waals surface area (Å²) in [6, 6.07) is 15.6. The van der Waals surface area contributed by atoms with Crippen molar-refractivity contribution in [2.24, 2.45) is 0 Å². The monoisotopic (exact) mass is 418 g/mol. The summed E-state index contributed by atoms with van der Waals surface area (Å²) in [5.74, 6) is -1.57. The maximum Gasteiger partial charge on any atom is 0.329 e. The molecule has 0 saturated heterocycles. The van der Waals surface area contributed by atoms with Crippen molar-refractivity contribution in [1.29, 1.82) is 5.26 Å². The minimum Gasteiger partial charge on any atom is -0.454 e. The van der Waals surface area contributed by atoms with Gasteiger partial charge in [0.25, 0.3) is 5.91 Å². The predicted molar refractivity (Wildman–Crippen MR) is 115 cm³/mol. The predicted octanol–water partition coefficient (Wildman–Crippen LogP) is 2.46. The number of rotatable bonds is 8. The maximum absolute atomic E-state index is 12.6. The van der Waals surface area contributed by atoms with Crippen LogP contribution < -0.4 is 10.6 Å². The fraction of sp³-hybridized carbons (Fsp3) is 0.217. The van der Waals surface area contributed by atoms with Gasteiger partial charge in [0.1, 0.15) is 6.04 Å². The van der Waals surface area contributed by atoms with Crippen molar-refractivity contribution in [3.8, 4) is 6.07 Å². The first kappa shape index (κ1) is 21.6. The number of esters is 1. The molecule has 0 radical (unpaired) electrons. The van der Waals surface area contributed by atoms with E-state index in [2.05, 4.69) is 15.6 Å². The highest BCUT2D eigenvalue weighted by Crippen LogP contribution is 2.19. The number of fused-ring (bicyclic) bond motifs is 1. The number of anilines is 1. The molecule has 2 aromatic carbocycles. The molecule has 1 aromatic heterocycles. The van der Waals surface area contributed by atoms with Crippen molar-refractivity contribution in [3.63, 3.8) is 0 Å². The molecule has 0 bridgehead atoms. The fourth-order valence-electron chi connectivity index (χ4n) is 3.19. The summed E-state index contributed by atoms with van der Waals surface area (Å²) in [5.41, 5.74) is 3.14. The Morgan fingerprint density at radius 3 is 2.58 bits per heavy atom. The lowest BCUT2D eigenvalue weighted by Gasteiger charge is -2.16. The zero-order valence-corrected chi connectivity index (χ0v) is 17.0. The third-order valence-corrected chi connectivity index (χ3v) is 4.63. The van der Waals surface area contributed by atoms with Crippen LogP contribution >= 0.6 is 0 Å². The van der Waals surface area contributed by atoms with Gasteiger partial charge < -0.3 is 20.4 Å². The van der Waals surface area contributed by atoms with Gasteiger partial charge >= 0.3 is 5.97 Å². The zero-order valence-electron chi connectivity index (χ0n) is 17.0. The van der Waals surface area contributed by atoms with Gasteiger partial charge in [0.2, 0.25) is 5.91 Å². The van der Waals surface area contributed by atoms with Crippen LogP contribution in [0.2, 0.25) is 0 Å². The molecule has 8 heteroatoms. The first-order valence-corrected chi connectivity index (χ1v) is 9.70. The first-order valence-electron chi connectivity index (χ1n) is 9.70. The van der Waals surface area contributed by atoms with Gasteiger partial charge in [0, 0.05) is 36.1 Å². The van der Waals surface area contributed by atoms with Crippen LogP contribution in [0.5, 0.6) is 0 Å². The Labute approximate surface area is 179 Å². The van der Waals surface area contributed by atoms with Crippen molar-refractivity contribution in [2.45, 2.75) is 25.8 Å². The van der Waals surface area contributed by atoms with Gasteiger partial charge in [-0.1, -0.05) is 30.3 Å². The summed E-state index contributed by atoms with van der Waals surface area (Å²) in [4.78, 5) is 39.4. The second kappa shape index (κ2) is 10.1. The van der Waals surface area contributed by atoms with Crippen molar-refractivity contribution in [2.75, 3.05) is 11.9 Å². The van der Waals surface area contributed by atoms with Gasteiger partial charge in [0.05, 0.1) is 12.5 Å². The number of para-hydroxylation sites is 1. The zero-order chi connectivity index (χ0) is 22.2. The summed E-state index contributed by atoms with van der Waals surface area (Å²) in [7, 11) is 0. The molecule has 0 aliphatic heterocycles. The third-order valence-electron chi connectivity index (χ3n) is 4.63. The minimum absolute atomic E-state index is 0.227. The number of nitrogens with zero attached hydrogens (tertiary/aromatic N) is 1. The number of carbonyl (C=O) groups excluding carboxylic acids is 3. The Bertz CT molecular complexity index is 1130. The lowest BCUT2D eigenvalue weighted by Crippen LogP contribution is -2.43. The van der Waals surface area contributed by atoms with E-state index in [4.69, 9.17) is 10.00 Å². The Morgan fingerprint density at radius 1 is 1.13 bits per heavy atom. The molecule has 0 unspecified atom stereocenters. The maximum atomic E-state index is 12.6. The number of hydrogen-bond donors (Lipinski definition) is 3. The highest BCUT2D eigenvalue weighted by molar-refractivity contribution is 5.93. The van der Waals surface area contributed by atoms with E-state index in [1.165, 1.54) is 6.92 Å². The van der Waals surface area contributed by atoms with Gasteiger partial charge in [-0.15, -0.1) is 0 Å². The van der Waals surface area contributed by atoms with Crippen LogP contribution in [0.15, 0.2) is 54.7 Å². The third kappa shape index (κ3) is 5.93. The molecule has 31 heavy (non-hydrogen) atoms. The van der Waals surface area contributed by atoms with E-state index in [-0.39, 0.29) is 18.7 Å². The molecule has 0 aliphatic carbocycles. The number of H-pyrrole nitrogens is 1. The smallest absolute Gasteiger partial charge is 0.329 e. The number of ether oxygens (including phenoxy) is 1. The molecule has 1 heterocycles. The largest absolute Gasteiger partial charge is 0.454 e. The molecule has 0 spiro atoms. The molecule has 3 rings (SSSR count). The Hall–Kier alpha value is -4.12. The van der Waals surface area contributed by atoms with Crippen molar-refractivity contribution in [1.82, 2.24) is 10.3 Å². The Balaban J connectivity index is 1.59. The van der Waals surface area contributed by atoms with Crippen LogP contribution in [0.3, 0.4) is 0 Å². The number of aromatic amines is 1. The van der Waals surface area contributed by atoms with E-state index in [0.29, 0.717) is 5.69 Å². The molecule has 3 aromatic rings. The van der Waals surface area contributed by atoms with Crippen molar-refractivity contribution in [3.05, 3.63) is 65.9 Å². The second-order valence-corrected chi connectivity index (χ2v) is 7.00. The fourth-order valence-corrected chi connectivity index (χ4v) is 3.19. The number of aromatic nitrogens is 1. The van der Waals surface area contributed by atoms with Crippen molar-refractivity contribution < 1.29 is 19.1 Å². The standard InChI is InChI=1S/C23H22N4O4/c1-15(28)26-21(12-17-13-25-20-5-3-2-4-19(17)20)23(30)31-14-22(29)27-18-8-6-16(7-9-18)10-11-24/h2-9,13,21,25H,10,12,14H2,1H3,(H,26,28)(H,27,29)/t21-/m0/s1. The number of benzene rings is 2. The molecular weight excluding hydrogens is 396 g/mol. The van der Waals surface area contributed by atoms with Crippen LogP contribution in [-0.2, 0) is 32.0 Å². The molecular formula is C23H22N4O4. The number of carbonyl (C=O) groups is 3. The van der Waals surface area contributed by atoms with E-state index < -0.39 is 24.5 Å². The number of hydrogen-bond acceptors (Lipinski definition) is 5. The normalized spacial score (nSPS) is 11.4. The van der Waals surface area contributed by atoms with E-state index in [0.717, 1.165) is 22.0 Å². The lowest BCUT2D eigenvalue weighted by molar-refractivity contribution is -0.150. The highest BCUT2D eigenvalue weighted by atomic mass is 16.5. The van der Waals surface area contributed by atoms with Crippen LogP contribution in [0.4, 0.5) is 5.69 Å². The van der Waals surface area contributed by atoms with Gasteiger partial charge in [-0.05, 0) is 29.3 Å². The molecule has 2 amide bonds. The van der Waals surface area contributed by atoms with Gasteiger partial charge in [-0.3, -0.25) is 9.59 Å². The molecule has 1 atom stereocenters. The van der Waals surface area contributed by atoms with Gasteiger partial charge in [-0.2, -0.15) is 5.26 Å². The molecule has 8 nitrogen and oxygen atoms in total. The molecule has 3 N–H and O–H groups in total. The molecule has 0 aliphatic rings. The number of amides is 2. The highest BCUT2D eigenvalue weighted by Gasteiger charge is 2.23. The Kier molecular flexibility index (Phi) is 7.01. The SMILES string of the molecule is CC(=O)N[C@@H](Cc1c[nH]c2ccccc12)C(=O)OCC(=O)Nc1ccc(CC#N)cc1. The van der Waals surface area contributed by atoms with E-state index in [1.54, 1.807) is 30.5 Å². The van der Waals surface area contributed by atoms with E-state index >= 15 is 0 Å². The molecule has 158 valence electrons. The average Bonchev–Trinajstić information content (AvgIpc) is 3.16. The number of nitriles is 1. The summed E-state index contributed by atoms with van der Waals surface area (Å²) < 4.78 is 5.14. The van der Waals surface area contributed by atoms with Crippen LogP contribution in [0.1, 0.15) is 18.1 Å². The molecule has 0 saturated carbocycles. The lowest BCUT2D eigenvalue weighted by atomic mass is 10.0. The number of nitrogens with one attached hydrogen (secondary N) is 3. The average molecular weight is 418 g/mol. The van der Waals surface area contributed by atoms with Gasteiger partial charge in [-0.25, -0.2) is 4.79 Å². The second-order valence-electron chi connectivity index (χ2n) is 7.00. The van der Waals surface area contributed by atoms with Crippen LogP contribution in [0.25, 0.3) is 10.9 Å². The Morgan fingerprint density at radius 2 is 1.87 bits per heavy atom. The summed E-state index contributed by atoms with van der Waals surface area (Å²) in [6.07, 6.45) is 2.30. The minimum atomic E-state index is -0.922. The van der Waals surface area contributed by atoms with Crippen molar-refractivity contribution >= 4 is 34.4 Å². The van der Waals surface area contributed by atoms with E-state index in [9.17, 15) is 14.4 Å². The van der Waals surface area contributed by atoms with Gasteiger partial charge in [0.15, 0.2) is 6.61 Å². The quantitative estimate of drug-likeness (QED) is 0.485. The van der Waals surface area contributed by atoms with Crippen LogP contribution in [-0.4, -0.2) is 35.4 Å². The summed E-state index contributed by atoms with van der Waals surface area (Å²) in [6.45, 7) is 0.834.